The van der Waals surface area contributed by atoms with Crippen LogP contribution in [0.15, 0.2) is 54.6 Å². The van der Waals surface area contributed by atoms with Crippen LogP contribution in [0.1, 0.15) is 37.4 Å². The van der Waals surface area contributed by atoms with E-state index in [9.17, 15) is 18.3 Å². The van der Waals surface area contributed by atoms with Gasteiger partial charge in [0.15, 0.2) is 0 Å². The molecule has 0 saturated carbocycles. The summed E-state index contributed by atoms with van der Waals surface area (Å²) in [5.74, 6) is -0.936. The third-order valence-electron chi connectivity index (χ3n) is 3.55. The van der Waals surface area contributed by atoms with Gasteiger partial charge in [-0.3, -0.25) is 0 Å². The van der Waals surface area contributed by atoms with Gasteiger partial charge in [0.05, 0.1) is 17.9 Å². The predicted molar refractivity (Wildman–Crippen MR) is 96.8 cm³/mol. The molecular formula is C19H22NO5S-. The molecule has 2 rings (SSSR count). The van der Waals surface area contributed by atoms with E-state index in [1.165, 1.54) is 0 Å². The smallest absolute Gasteiger partial charge is 0.216 e. The predicted octanol–water partition coefficient (Wildman–Crippen LogP) is 1.77. The normalized spacial score (nSPS) is 12.7. The Hall–Kier alpha value is -2.38. The molecule has 0 radical (unpaired) electrons. The van der Waals surface area contributed by atoms with Crippen molar-refractivity contribution in [3.8, 4) is 5.75 Å². The van der Waals surface area contributed by atoms with Gasteiger partial charge in [0.2, 0.25) is 10.0 Å². The Kier molecular flexibility index (Phi) is 6.76. The lowest BCUT2D eigenvalue weighted by molar-refractivity contribution is -0.306. The van der Waals surface area contributed by atoms with E-state index >= 15 is 0 Å². The first-order chi connectivity index (χ1) is 12.2. The SMILES string of the molecule is CC(C)Oc1ccc([C@@H](CC(=O)[O-])NS(=O)(=O)Cc2ccccc2)cc1. The number of aliphatic carboxylic acids is 1. The molecule has 0 aliphatic rings. The molecule has 0 aliphatic heterocycles. The zero-order valence-electron chi connectivity index (χ0n) is 14.7. The maximum Gasteiger partial charge on any atom is 0.216 e. The van der Waals surface area contributed by atoms with Gasteiger partial charge in [0, 0.05) is 12.4 Å². The minimum absolute atomic E-state index is 0.00393. The topological polar surface area (TPSA) is 95.5 Å². The summed E-state index contributed by atoms with van der Waals surface area (Å²) in [6.45, 7) is 3.79. The zero-order valence-corrected chi connectivity index (χ0v) is 15.5. The molecule has 140 valence electrons. The highest BCUT2D eigenvalue weighted by Crippen LogP contribution is 2.22. The largest absolute Gasteiger partial charge is 0.550 e. The van der Waals surface area contributed by atoms with E-state index in [4.69, 9.17) is 4.74 Å². The van der Waals surface area contributed by atoms with Gasteiger partial charge in [-0.05, 0) is 37.1 Å². The summed E-state index contributed by atoms with van der Waals surface area (Å²) in [6.07, 6.45) is -0.456. The van der Waals surface area contributed by atoms with E-state index in [0.29, 0.717) is 16.9 Å². The number of carbonyl (C=O) groups excluding carboxylic acids is 1. The minimum atomic E-state index is -3.73. The molecule has 0 fully saturated rings. The first kappa shape index (κ1) is 19.9. The first-order valence-corrected chi connectivity index (χ1v) is 9.91. The number of carbonyl (C=O) groups is 1. The number of ether oxygens (including phenoxy) is 1. The number of hydrogen-bond donors (Lipinski definition) is 1. The van der Waals surface area contributed by atoms with Gasteiger partial charge in [-0.1, -0.05) is 42.5 Å². The highest BCUT2D eigenvalue weighted by Gasteiger charge is 2.20. The number of carboxylic acids is 1. The summed E-state index contributed by atoms with van der Waals surface area (Å²) < 4.78 is 32.9. The van der Waals surface area contributed by atoms with Crippen LogP contribution in [0.3, 0.4) is 0 Å². The number of nitrogens with one attached hydrogen (secondary N) is 1. The van der Waals surface area contributed by atoms with Crippen molar-refractivity contribution in [3.63, 3.8) is 0 Å². The van der Waals surface area contributed by atoms with Gasteiger partial charge in [0.1, 0.15) is 5.75 Å². The van der Waals surface area contributed by atoms with Crippen molar-refractivity contribution in [1.82, 2.24) is 4.72 Å². The molecule has 0 saturated heterocycles. The third-order valence-corrected chi connectivity index (χ3v) is 4.90. The van der Waals surface area contributed by atoms with Crippen LogP contribution in [-0.2, 0) is 20.6 Å². The molecule has 0 unspecified atom stereocenters. The van der Waals surface area contributed by atoms with E-state index in [0.717, 1.165) is 0 Å². The Morgan fingerprint density at radius 1 is 1.08 bits per heavy atom. The third kappa shape index (κ3) is 6.50. The van der Waals surface area contributed by atoms with Crippen LogP contribution in [0.4, 0.5) is 0 Å². The molecule has 2 aromatic carbocycles. The van der Waals surface area contributed by atoms with Crippen molar-refractivity contribution in [2.75, 3.05) is 0 Å². The van der Waals surface area contributed by atoms with Crippen LogP contribution in [0.25, 0.3) is 0 Å². The Labute approximate surface area is 153 Å². The highest BCUT2D eigenvalue weighted by molar-refractivity contribution is 7.88. The van der Waals surface area contributed by atoms with Crippen molar-refractivity contribution >= 4 is 16.0 Å². The van der Waals surface area contributed by atoms with Crippen LogP contribution in [0.5, 0.6) is 5.75 Å². The van der Waals surface area contributed by atoms with Gasteiger partial charge < -0.3 is 14.6 Å². The summed E-state index contributed by atoms with van der Waals surface area (Å²) in [6, 6.07) is 14.4. The molecule has 0 amide bonds. The van der Waals surface area contributed by atoms with Gasteiger partial charge in [-0.25, -0.2) is 13.1 Å². The van der Waals surface area contributed by atoms with Crippen molar-refractivity contribution in [3.05, 3.63) is 65.7 Å². The Morgan fingerprint density at radius 3 is 2.23 bits per heavy atom. The molecule has 0 spiro atoms. The van der Waals surface area contributed by atoms with Gasteiger partial charge in [-0.15, -0.1) is 0 Å². The monoisotopic (exact) mass is 376 g/mol. The van der Waals surface area contributed by atoms with E-state index in [1.807, 2.05) is 13.8 Å². The van der Waals surface area contributed by atoms with E-state index in [-0.39, 0.29) is 11.9 Å². The molecule has 1 N–H and O–H groups in total. The molecule has 2 aromatic rings. The lowest BCUT2D eigenvalue weighted by Crippen LogP contribution is -2.34. The number of hydrogen-bond acceptors (Lipinski definition) is 5. The van der Waals surface area contributed by atoms with Crippen LogP contribution < -0.4 is 14.6 Å². The molecule has 26 heavy (non-hydrogen) atoms. The quantitative estimate of drug-likeness (QED) is 0.720. The van der Waals surface area contributed by atoms with Crippen LogP contribution in [0, 0.1) is 0 Å². The van der Waals surface area contributed by atoms with Crippen molar-refractivity contribution in [2.24, 2.45) is 0 Å². The maximum atomic E-state index is 12.4. The molecule has 0 aromatic heterocycles. The van der Waals surface area contributed by atoms with Crippen molar-refractivity contribution < 1.29 is 23.1 Å². The van der Waals surface area contributed by atoms with Crippen molar-refractivity contribution in [1.29, 1.82) is 0 Å². The summed E-state index contributed by atoms with van der Waals surface area (Å²) in [7, 11) is -3.73. The minimum Gasteiger partial charge on any atom is -0.550 e. The summed E-state index contributed by atoms with van der Waals surface area (Å²) >= 11 is 0. The van der Waals surface area contributed by atoms with Crippen molar-refractivity contribution in [2.45, 2.75) is 38.2 Å². The van der Waals surface area contributed by atoms with Crippen LogP contribution in [-0.4, -0.2) is 20.5 Å². The summed E-state index contributed by atoms with van der Waals surface area (Å²) in [5.41, 5.74) is 1.15. The highest BCUT2D eigenvalue weighted by atomic mass is 32.2. The van der Waals surface area contributed by atoms with Crippen LogP contribution >= 0.6 is 0 Å². The Balaban J connectivity index is 2.17. The Morgan fingerprint density at radius 2 is 1.69 bits per heavy atom. The molecule has 0 heterocycles. The second-order valence-corrected chi connectivity index (χ2v) is 7.98. The second kappa shape index (κ2) is 8.82. The molecule has 0 bridgehead atoms. The first-order valence-electron chi connectivity index (χ1n) is 8.25. The van der Waals surface area contributed by atoms with Gasteiger partial charge in [-0.2, -0.15) is 0 Å². The number of carboxylic acid groups (broad SMARTS) is 1. The zero-order chi connectivity index (χ0) is 19.2. The van der Waals surface area contributed by atoms with E-state index in [2.05, 4.69) is 4.72 Å². The van der Waals surface area contributed by atoms with Crippen LogP contribution in [0.2, 0.25) is 0 Å². The lowest BCUT2D eigenvalue weighted by atomic mass is 10.0. The molecule has 0 aliphatic carbocycles. The molecular weight excluding hydrogens is 354 g/mol. The standard InChI is InChI=1S/C19H23NO5S/c1-14(2)25-17-10-8-16(9-11-17)18(12-19(21)22)20-26(23,24)13-15-6-4-3-5-7-15/h3-11,14,18,20H,12-13H2,1-2H3,(H,21,22)/p-1/t18-/m1/s1. The fourth-order valence-corrected chi connectivity index (χ4v) is 3.86. The second-order valence-electron chi connectivity index (χ2n) is 6.23. The molecule has 1 atom stereocenters. The van der Waals surface area contributed by atoms with E-state index < -0.39 is 28.5 Å². The molecule has 6 nitrogen and oxygen atoms in total. The Bertz CT molecular complexity index is 817. The molecule has 7 heteroatoms. The summed E-state index contributed by atoms with van der Waals surface area (Å²) in [5, 5.41) is 11.1. The average molecular weight is 376 g/mol. The van der Waals surface area contributed by atoms with Gasteiger partial charge in [0.25, 0.3) is 0 Å². The van der Waals surface area contributed by atoms with E-state index in [1.54, 1.807) is 54.6 Å². The fraction of sp³-hybridized carbons (Fsp3) is 0.316. The number of benzene rings is 2. The fourth-order valence-electron chi connectivity index (χ4n) is 2.50. The summed E-state index contributed by atoms with van der Waals surface area (Å²) in [4.78, 5) is 11.1. The number of rotatable bonds is 9. The number of sulfonamides is 1. The lowest BCUT2D eigenvalue weighted by Gasteiger charge is -2.20. The average Bonchev–Trinajstić information content (AvgIpc) is 2.54. The maximum absolute atomic E-state index is 12.4. The van der Waals surface area contributed by atoms with Gasteiger partial charge >= 0.3 is 0 Å².